The predicted octanol–water partition coefficient (Wildman–Crippen LogP) is 14.1. The summed E-state index contributed by atoms with van der Waals surface area (Å²) >= 11 is 0. The van der Waals surface area contributed by atoms with E-state index in [-0.39, 0.29) is 0 Å². The largest absolute Gasteiger partial charge is 0.0917 e. The van der Waals surface area contributed by atoms with Crippen LogP contribution in [-0.4, -0.2) is 0 Å². The van der Waals surface area contributed by atoms with Crippen LogP contribution in [0.25, 0.3) is 0 Å². The first-order chi connectivity index (χ1) is 17.8. The van der Waals surface area contributed by atoms with Crippen LogP contribution in [0, 0.1) is 0 Å². The predicted molar refractivity (Wildman–Crippen MR) is 170 cm³/mol. The maximum absolute atomic E-state index is 2.29. The van der Waals surface area contributed by atoms with Gasteiger partial charge < -0.3 is 0 Å². The Hall–Kier alpha value is -0.520. The maximum Gasteiger partial charge on any atom is -0.0351 e. The fraction of sp³-hybridized carbons (Fsp3) is 0.889. The molecule has 0 unspecified atom stereocenters. The van der Waals surface area contributed by atoms with E-state index in [2.05, 4.69) is 52.0 Å². The summed E-state index contributed by atoms with van der Waals surface area (Å²) in [6.45, 7) is 8.81. The molecule has 0 aliphatic heterocycles. The van der Waals surface area contributed by atoms with E-state index in [1.165, 1.54) is 180 Å². The summed E-state index contributed by atoms with van der Waals surface area (Å²) in [5, 5.41) is 0. The Kier molecular flexibility index (Phi) is 40.8. The van der Waals surface area contributed by atoms with Crippen LogP contribution in [-0.2, 0) is 0 Å². The van der Waals surface area contributed by atoms with Crippen molar-refractivity contribution >= 4 is 0 Å². The van der Waals surface area contributed by atoms with Crippen molar-refractivity contribution in [2.45, 2.75) is 207 Å². The minimum atomic E-state index is 1.29. The lowest BCUT2D eigenvalue weighted by Crippen LogP contribution is -1.83. The van der Waals surface area contributed by atoms with Gasteiger partial charge in [0.1, 0.15) is 0 Å². The van der Waals surface area contributed by atoms with E-state index in [1.54, 1.807) is 0 Å². The molecule has 0 N–H and O–H groups in total. The topological polar surface area (TPSA) is 0 Å². The van der Waals surface area contributed by atoms with Gasteiger partial charge in [0.05, 0.1) is 0 Å². The van der Waals surface area contributed by atoms with Gasteiger partial charge in [0.2, 0.25) is 0 Å². The molecule has 0 nitrogen and oxygen atoms in total. The molecule has 0 aromatic heterocycles. The summed E-state index contributed by atoms with van der Waals surface area (Å²) in [4.78, 5) is 0. The summed E-state index contributed by atoms with van der Waals surface area (Å²) < 4.78 is 0. The van der Waals surface area contributed by atoms with Crippen LogP contribution in [0.3, 0.4) is 0 Å². The van der Waals surface area contributed by atoms with Crippen molar-refractivity contribution in [3.05, 3.63) is 24.3 Å². The average molecular weight is 505 g/mol. The fourth-order valence-electron chi connectivity index (χ4n) is 4.89. The van der Waals surface area contributed by atoms with Crippen LogP contribution in [0.1, 0.15) is 207 Å². The van der Waals surface area contributed by atoms with Gasteiger partial charge in [-0.15, -0.1) is 0 Å². The van der Waals surface area contributed by atoms with Crippen molar-refractivity contribution in [2.75, 3.05) is 0 Å². The Morgan fingerprint density at radius 1 is 0.278 bits per heavy atom. The van der Waals surface area contributed by atoms with E-state index in [0.29, 0.717) is 0 Å². The molecular weight excluding hydrogens is 432 g/mol. The molecule has 0 saturated carbocycles. The number of hydrogen-bond donors (Lipinski definition) is 0. The van der Waals surface area contributed by atoms with Gasteiger partial charge >= 0.3 is 0 Å². The van der Waals surface area contributed by atoms with Crippen LogP contribution in [0.4, 0.5) is 0 Å². The Balaban J connectivity index is 0. The van der Waals surface area contributed by atoms with Crippen LogP contribution < -0.4 is 0 Å². The molecule has 0 radical (unpaired) electrons. The monoisotopic (exact) mass is 505 g/mol. The number of rotatable bonds is 28. The molecular formula is C36H72. The van der Waals surface area contributed by atoms with Gasteiger partial charge in [-0.1, -0.05) is 192 Å². The molecule has 0 fully saturated rings. The second-order valence-corrected chi connectivity index (χ2v) is 11.2. The Labute approximate surface area is 231 Å². The van der Waals surface area contributed by atoms with Crippen molar-refractivity contribution in [2.24, 2.45) is 0 Å². The molecule has 0 saturated heterocycles. The minimum absolute atomic E-state index is 1.29. The van der Waals surface area contributed by atoms with Crippen molar-refractivity contribution < 1.29 is 0 Å². The highest BCUT2D eigenvalue weighted by atomic mass is 14.0. The standard InChI is InChI=1S/C20H40.C16H32/c1-3-5-7-9-11-13-15-17-19-20-18-16-14-12-10-8-6-4-2;1-3-5-7-9-11-13-15-16-14-12-10-8-6-4-2/h3,5H,4,6-20H2,1-2H3;3,5H,4,6-16H2,1-2H3/b2*5-3+. The zero-order valence-electron chi connectivity index (χ0n) is 26.1. The Bertz CT molecular complexity index is 391. The second kappa shape index (κ2) is 39.0. The zero-order chi connectivity index (χ0) is 26.6. The molecule has 0 atom stereocenters. The summed E-state index contributed by atoms with van der Waals surface area (Å²) in [5.74, 6) is 0. The van der Waals surface area contributed by atoms with Gasteiger partial charge in [-0.2, -0.15) is 0 Å². The molecule has 0 aromatic rings. The van der Waals surface area contributed by atoms with E-state index in [4.69, 9.17) is 0 Å². The first-order valence-corrected chi connectivity index (χ1v) is 17.1. The minimum Gasteiger partial charge on any atom is -0.0917 e. The van der Waals surface area contributed by atoms with Crippen LogP contribution in [0.15, 0.2) is 24.3 Å². The molecule has 0 spiro atoms. The molecule has 0 aliphatic rings. The Morgan fingerprint density at radius 3 is 0.667 bits per heavy atom. The van der Waals surface area contributed by atoms with Gasteiger partial charge in [0, 0.05) is 0 Å². The van der Waals surface area contributed by atoms with Crippen molar-refractivity contribution in [1.29, 1.82) is 0 Å². The zero-order valence-corrected chi connectivity index (χ0v) is 26.1. The third-order valence-corrected chi connectivity index (χ3v) is 7.42. The number of hydrogen-bond acceptors (Lipinski definition) is 0. The van der Waals surface area contributed by atoms with Crippen LogP contribution in [0.5, 0.6) is 0 Å². The average Bonchev–Trinajstić information content (AvgIpc) is 2.89. The van der Waals surface area contributed by atoms with Crippen molar-refractivity contribution in [1.82, 2.24) is 0 Å². The summed E-state index contributed by atoms with van der Waals surface area (Å²) in [5.41, 5.74) is 0. The fourth-order valence-corrected chi connectivity index (χ4v) is 4.89. The van der Waals surface area contributed by atoms with Gasteiger partial charge in [-0.05, 0) is 39.5 Å². The van der Waals surface area contributed by atoms with Crippen LogP contribution >= 0.6 is 0 Å². The third-order valence-electron chi connectivity index (χ3n) is 7.42. The lowest BCUT2D eigenvalue weighted by molar-refractivity contribution is 0.533. The van der Waals surface area contributed by atoms with Crippen LogP contribution in [0.2, 0.25) is 0 Å². The quantitative estimate of drug-likeness (QED) is 0.0733. The lowest BCUT2D eigenvalue weighted by Gasteiger charge is -2.03. The first kappa shape index (κ1) is 37.6. The second-order valence-electron chi connectivity index (χ2n) is 11.2. The number of allylic oxidation sites excluding steroid dienone is 4. The molecule has 0 heterocycles. The summed E-state index contributed by atoms with van der Waals surface area (Å²) in [7, 11) is 0. The lowest BCUT2D eigenvalue weighted by atomic mass is 10.0. The molecule has 0 aromatic carbocycles. The Morgan fingerprint density at radius 2 is 0.472 bits per heavy atom. The van der Waals surface area contributed by atoms with Crippen molar-refractivity contribution in [3.8, 4) is 0 Å². The highest BCUT2D eigenvalue weighted by molar-refractivity contribution is 4.76. The van der Waals surface area contributed by atoms with Crippen molar-refractivity contribution in [3.63, 3.8) is 0 Å². The summed E-state index contributed by atoms with van der Waals surface area (Å²) in [6, 6.07) is 0. The highest BCUT2D eigenvalue weighted by Crippen LogP contribution is 2.14. The van der Waals surface area contributed by atoms with Gasteiger partial charge in [-0.3, -0.25) is 0 Å². The normalized spacial score (nSPS) is 11.4. The molecule has 0 rings (SSSR count). The van der Waals surface area contributed by atoms with E-state index in [1.807, 2.05) is 0 Å². The third kappa shape index (κ3) is 40.6. The molecule has 36 heavy (non-hydrogen) atoms. The smallest absolute Gasteiger partial charge is 0.0351 e. The van der Waals surface area contributed by atoms with Gasteiger partial charge in [0.15, 0.2) is 0 Å². The van der Waals surface area contributed by atoms with Gasteiger partial charge in [0.25, 0.3) is 0 Å². The number of unbranched alkanes of at least 4 members (excludes halogenated alkanes) is 26. The van der Waals surface area contributed by atoms with Gasteiger partial charge in [-0.25, -0.2) is 0 Å². The van der Waals surface area contributed by atoms with E-state index >= 15 is 0 Å². The molecule has 0 amide bonds. The summed E-state index contributed by atoms with van der Waals surface area (Å²) in [6.07, 6.45) is 49.2. The molecule has 0 bridgehead atoms. The van der Waals surface area contributed by atoms with E-state index in [0.717, 1.165) is 0 Å². The first-order valence-electron chi connectivity index (χ1n) is 17.1. The molecule has 0 heteroatoms. The highest BCUT2D eigenvalue weighted by Gasteiger charge is 1.94. The molecule has 216 valence electrons. The van der Waals surface area contributed by atoms with E-state index in [9.17, 15) is 0 Å². The van der Waals surface area contributed by atoms with E-state index < -0.39 is 0 Å². The SMILES string of the molecule is C/C=C/CCCCCCCCCCCCC.C/C=C/CCCCCCCCCCCCCCCCC. The maximum atomic E-state index is 2.29. The molecule has 0 aliphatic carbocycles.